The number of hydrogen-bond donors (Lipinski definition) is 0. The number of hydrogen-bond acceptors (Lipinski definition) is 6. The molecule has 2 aromatic rings. The lowest BCUT2D eigenvalue weighted by molar-refractivity contribution is -0.128. The van der Waals surface area contributed by atoms with Gasteiger partial charge in [0.1, 0.15) is 11.0 Å². The van der Waals surface area contributed by atoms with Gasteiger partial charge in [-0.15, -0.1) is 0 Å². The van der Waals surface area contributed by atoms with E-state index in [1.807, 2.05) is 29.2 Å². The highest BCUT2D eigenvalue weighted by molar-refractivity contribution is 7.99. The summed E-state index contributed by atoms with van der Waals surface area (Å²) in [6.45, 7) is 8.68. The molecule has 29 heavy (non-hydrogen) atoms. The van der Waals surface area contributed by atoms with E-state index in [0.29, 0.717) is 29.2 Å². The van der Waals surface area contributed by atoms with Gasteiger partial charge in [0.2, 0.25) is 5.91 Å². The first kappa shape index (κ1) is 22.0. The van der Waals surface area contributed by atoms with E-state index in [9.17, 15) is 4.79 Å². The fraction of sp³-hybridized carbons (Fsp3) is 0.450. The highest BCUT2D eigenvalue weighted by Gasteiger charge is 2.22. The van der Waals surface area contributed by atoms with E-state index >= 15 is 0 Å². The second-order valence-electron chi connectivity index (χ2n) is 6.61. The van der Waals surface area contributed by atoms with Gasteiger partial charge in [-0.05, 0) is 26.0 Å². The molecule has 6 nitrogen and oxygen atoms in total. The van der Waals surface area contributed by atoms with Crippen LogP contribution in [0.4, 0.5) is 11.5 Å². The van der Waals surface area contributed by atoms with Crippen molar-refractivity contribution >= 4 is 52.4 Å². The summed E-state index contributed by atoms with van der Waals surface area (Å²) in [5, 5.41) is 1.66. The molecule has 0 saturated carbocycles. The summed E-state index contributed by atoms with van der Waals surface area (Å²) in [5.74, 6) is 1.17. The topological polar surface area (TPSA) is 52.6 Å². The van der Waals surface area contributed by atoms with E-state index < -0.39 is 0 Å². The second kappa shape index (κ2) is 10.4. The molecule has 0 spiro atoms. The number of halogens is 2. The number of nitrogens with zero attached hydrogens (tertiary/aromatic N) is 5. The minimum absolute atomic E-state index is 0.0850. The Hall–Kier alpha value is -1.70. The second-order valence-corrected chi connectivity index (χ2v) is 8.35. The normalized spacial score (nSPS) is 14.2. The number of carbonyl (C=O) groups is 1. The first-order chi connectivity index (χ1) is 14.0. The number of anilines is 2. The van der Waals surface area contributed by atoms with Crippen molar-refractivity contribution in [3.8, 4) is 0 Å². The van der Waals surface area contributed by atoms with Gasteiger partial charge in [-0.3, -0.25) is 4.79 Å². The maximum absolute atomic E-state index is 12.7. The monoisotopic (exact) mass is 453 g/mol. The van der Waals surface area contributed by atoms with Gasteiger partial charge in [-0.1, -0.05) is 47.1 Å². The molecule has 1 saturated heterocycles. The standard InChI is InChI=1S/C20H25Cl2N5OS/c1-3-25(4-2)18-13-17(22)23-20(24-18)29-14-19(28)27-11-9-26(10-12-27)16-8-6-5-7-15(16)21/h5-8,13H,3-4,9-12,14H2,1-2H3. The minimum Gasteiger partial charge on any atom is -0.367 e. The number of para-hydroxylation sites is 1. The molecule has 0 aliphatic carbocycles. The number of benzene rings is 1. The van der Waals surface area contributed by atoms with Crippen LogP contribution >= 0.6 is 35.0 Å². The summed E-state index contributed by atoms with van der Waals surface area (Å²) >= 11 is 13.8. The Bertz CT molecular complexity index is 841. The van der Waals surface area contributed by atoms with E-state index in [4.69, 9.17) is 23.2 Å². The van der Waals surface area contributed by atoms with Crippen molar-refractivity contribution in [1.29, 1.82) is 0 Å². The number of carbonyl (C=O) groups excluding carboxylic acids is 1. The molecule has 1 aromatic heterocycles. The maximum Gasteiger partial charge on any atom is 0.233 e. The highest BCUT2D eigenvalue weighted by atomic mass is 35.5. The molecule has 3 rings (SSSR count). The average molecular weight is 454 g/mol. The Kier molecular flexibility index (Phi) is 7.86. The lowest BCUT2D eigenvalue weighted by atomic mass is 10.2. The van der Waals surface area contributed by atoms with E-state index in [-0.39, 0.29) is 5.91 Å². The summed E-state index contributed by atoms with van der Waals surface area (Å²) in [6, 6.07) is 9.57. The van der Waals surface area contributed by atoms with Gasteiger partial charge >= 0.3 is 0 Å². The zero-order valence-electron chi connectivity index (χ0n) is 16.6. The first-order valence-electron chi connectivity index (χ1n) is 9.71. The third-order valence-corrected chi connectivity index (χ3v) is 6.24. The molecular formula is C20H25Cl2N5OS. The molecule has 156 valence electrons. The van der Waals surface area contributed by atoms with E-state index in [0.717, 1.165) is 42.7 Å². The van der Waals surface area contributed by atoms with Crippen molar-refractivity contribution in [1.82, 2.24) is 14.9 Å². The minimum atomic E-state index is 0.0850. The summed E-state index contributed by atoms with van der Waals surface area (Å²) in [4.78, 5) is 27.7. The highest BCUT2D eigenvalue weighted by Crippen LogP contribution is 2.26. The number of rotatable bonds is 7. The third kappa shape index (κ3) is 5.68. The summed E-state index contributed by atoms with van der Waals surface area (Å²) in [7, 11) is 0. The largest absolute Gasteiger partial charge is 0.367 e. The molecule has 1 aliphatic rings. The van der Waals surface area contributed by atoms with Crippen LogP contribution in [0.25, 0.3) is 0 Å². The van der Waals surface area contributed by atoms with Crippen molar-refractivity contribution in [2.75, 3.05) is 54.8 Å². The zero-order chi connectivity index (χ0) is 20.8. The molecular weight excluding hydrogens is 429 g/mol. The summed E-state index contributed by atoms with van der Waals surface area (Å²) in [6.07, 6.45) is 0. The Morgan fingerprint density at radius 2 is 1.79 bits per heavy atom. The van der Waals surface area contributed by atoms with Crippen LogP contribution in [0.1, 0.15) is 13.8 Å². The molecule has 1 aliphatic heterocycles. The predicted octanol–water partition coefficient (Wildman–Crippen LogP) is 4.07. The van der Waals surface area contributed by atoms with Gasteiger partial charge in [0.15, 0.2) is 5.16 Å². The summed E-state index contributed by atoms with van der Waals surface area (Å²) in [5.41, 5.74) is 1.02. The molecule has 0 radical (unpaired) electrons. The molecule has 0 unspecified atom stereocenters. The van der Waals surface area contributed by atoms with Gasteiger partial charge < -0.3 is 14.7 Å². The van der Waals surface area contributed by atoms with Crippen LogP contribution in [-0.4, -0.2) is 65.8 Å². The molecule has 1 aromatic carbocycles. The van der Waals surface area contributed by atoms with E-state index in [2.05, 4.69) is 33.6 Å². The van der Waals surface area contributed by atoms with Crippen molar-refractivity contribution in [2.24, 2.45) is 0 Å². The predicted molar refractivity (Wildman–Crippen MR) is 122 cm³/mol. The lowest BCUT2D eigenvalue weighted by Crippen LogP contribution is -2.49. The van der Waals surface area contributed by atoms with Crippen LogP contribution in [0, 0.1) is 0 Å². The van der Waals surface area contributed by atoms with Crippen LogP contribution in [0.5, 0.6) is 0 Å². The van der Waals surface area contributed by atoms with Crippen LogP contribution < -0.4 is 9.80 Å². The quantitative estimate of drug-likeness (QED) is 0.357. The van der Waals surface area contributed by atoms with E-state index in [1.54, 1.807) is 6.07 Å². The molecule has 1 fully saturated rings. The van der Waals surface area contributed by atoms with Gasteiger partial charge in [0.25, 0.3) is 0 Å². The molecule has 0 bridgehead atoms. The van der Waals surface area contributed by atoms with Crippen molar-refractivity contribution in [2.45, 2.75) is 19.0 Å². The van der Waals surface area contributed by atoms with Gasteiger partial charge in [-0.2, -0.15) is 0 Å². The van der Waals surface area contributed by atoms with E-state index in [1.165, 1.54) is 11.8 Å². The van der Waals surface area contributed by atoms with Crippen LogP contribution in [0.3, 0.4) is 0 Å². The van der Waals surface area contributed by atoms with Crippen molar-refractivity contribution in [3.05, 3.63) is 40.5 Å². The number of amides is 1. The van der Waals surface area contributed by atoms with Crippen molar-refractivity contribution < 1.29 is 4.79 Å². The Morgan fingerprint density at radius 1 is 1.10 bits per heavy atom. The van der Waals surface area contributed by atoms with Gasteiger partial charge in [0.05, 0.1) is 16.5 Å². The molecule has 0 atom stereocenters. The molecule has 2 heterocycles. The Balaban J connectivity index is 1.55. The maximum atomic E-state index is 12.7. The number of piperazine rings is 1. The third-order valence-electron chi connectivity index (χ3n) is 4.90. The van der Waals surface area contributed by atoms with Crippen LogP contribution in [0.15, 0.2) is 35.5 Å². The fourth-order valence-corrected chi connectivity index (χ4v) is 4.52. The molecule has 0 N–H and O–H groups in total. The Morgan fingerprint density at radius 3 is 2.45 bits per heavy atom. The Labute approximate surface area is 186 Å². The fourth-order valence-electron chi connectivity index (χ4n) is 3.28. The lowest BCUT2D eigenvalue weighted by Gasteiger charge is -2.36. The smallest absolute Gasteiger partial charge is 0.233 e. The average Bonchev–Trinajstić information content (AvgIpc) is 2.73. The van der Waals surface area contributed by atoms with Crippen molar-refractivity contribution in [3.63, 3.8) is 0 Å². The van der Waals surface area contributed by atoms with Gasteiger partial charge in [0, 0.05) is 45.3 Å². The SMILES string of the molecule is CCN(CC)c1cc(Cl)nc(SCC(=O)N2CCN(c3ccccc3Cl)CC2)n1. The molecule has 1 amide bonds. The number of thioether (sulfide) groups is 1. The van der Waals surface area contributed by atoms with Crippen LogP contribution in [-0.2, 0) is 4.79 Å². The van der Waals surface area contributed by atoms with Crippen LogP contribution in [0.2, 0.25) is 10.2 Å². The first-order valence-corrected chi connectivity index (χ1v) is 11.5. The zero-order valence-corrected chi connectivity index (χ0v) is 19.0. The molecule has 9 heteroatoms. The number of aromatic nitrogens is 2. The van der Waals surface area contributed by atoms with Gasteiger partial charge in [-0.25, -0.2) is 9.97 Å². The summed E-state index contributed by atoms with van der Waals surface area (Å²) < 4.78 is 0.